The van der Waals surface area contributed by atoms with Gasteiger partial charge >= 0.3 is 11.9 Å². The predicted octanol–water partition coefficient (Wildman–Crippen LogP) is 7.99. The van der Waals surface area contributed by atoms with Crippen LogP contribution in [0.15, 0.2) is 109 Å². The Bertz CT molecular complexity index is 2350. The molecule has 4 saturated heterocycles. The van der Waals surface area contributed by atoms with Crippen LogP contribution >= 0.6 is 23.2 Å². The third-order valence-corrected chi connectivity index (χ3v) is 12.9. The average Bonchev–Trinajstić information content (AvgIpc) is 3.28. The Hall–Kier alpha value is -5.66. The number of carbonyl (C=O) groups excluding carboxylic acids is 3. The third kappa shape index (κ3) is 10.8. The van der Waals surface area contributed by atoms with Crippen molar-refractivity contribution in [3.05, 3.63) is 153 Å². The number of hydrogen-bond acceptors (Lipinski definition) is 10. The maximum Gasteiger partial charge on any atom is 0.313 e. The Balaban J connectivity index is 0.00000595. The Morgan fingerprint density at radius 2 is 1.48 bits per heavy atom. The van der Waals surface area contributed by atoms with E-state index in [1.165, 1.54) is 7.11 Å². The highest BCUT2D eigenvalue weighted by molar-refractivity contribution is 6.35. The summed E-state index contributed by atoms with van der Waals surface area (Å²) in [5.41, 5.74) is 4.70. The SMILES string of the molecule is COc1ccc([C@H](Cc2c(Cl)c[nH+]cc2Cl)OC(=O)C2CN(C(=O)c3ccc(COc4cccc([C@@H](CC(=O)O[C@H]5CN6CCC5CC6)c5ccccc5)c4)cc3)C2)cc1OC.[OH-]. The number of piperidine rings is 3. The lowest BCUT2D eigenvalue weighted by Crippen LogP contribution is -2.53. The number of rotatable bonds is 16. The summed E-state index contributed by atoms with van der Waals surface area (Å²) in [5, 5.41) is 0.821. The molecule has 14 heteroatoms. The number of pyridine rings is 1. The molecule has 0 aliphatic carbocycles. The fraction of sp³-hybridized carbons (Fsp3) is 0.347. The van der Waals surface area contributed by atoms with Crippen molar-refractivity contribution in [1.29, 1.82) is 0 Å². The number of halogens is 2. The van der Waals surface area contributed by atoms with Crippen LogP contribution in [0.4, 0.5) is 0 Å². The number of amides is 1. The molecule has 9 rings (SSSR count). The predicted molar refractivity (Wildman–Crippen MR) is 236 cm³/mol. The first-order chi connectivity index (χ1) is 30.1. The first-order valence-corrected chi connectivity index (χ1v) is 21.8. The van der Waals surface area contributed by atoms with E-state index in [1.807, 2.05) is 66.7 Å². The number of esters is 2. The largest absolute Gasteiger partial charge is 0.870 e. The molecule has 5 aromatic rings. The molecule has 4 fully saturated rings. The minimum absolute atomic E-state index is 0. The fourth-order valence-corrected chi connectivity index (χ4v) is 9.15. The molecular weight excluding hydrogens is 845 g/mol. The number of H-pyrrole nitrogens is 1. The molecule has 4 aliphatic rings. The van der Waals surface area contributed by atoms with Gasteiger partial charge in [-0.2, -0.15) is 0 Å². The first kappa shape index (κ1) is 45.4. The molecule has 1 aromatic heterocycles. The molecule has 0 spiro atoms. The second kappa shape index (κ2) is 20.7. The lowest BCUT2D eigenvalue weighted by Gasteiger charge is -2.44. The molecule has 4 aliphatic heterocycles. The number of carbonyl (C=O) groups is 3. The summed E-state index contributed by atoms with van der Waals surface area (Å²) >= 11 is 13.0. The standard InChI is InChI=1S/C49H49Cl2N3O8.H2O/c1-58-43-16-15-36(22-45(43)59-2)44(23-40-41(50)25-52-26-42(40)51)62-49(57)37-27-54(28-37)48(56)34-13-11-31(12-14-34)30-60-38-10-6-9-35(21-38)39(32-7-4-3-5-8-32)24-47(55)61-46-29-53-19-17-33(46)18-20-53;/h3-16,21-22,25-26,33,37,39,44,46H,17-20,23-24,27-30H2,1-2H3;1H2/t39-,44-,46-;/m0./s1. The smallest absolute Gasteiger partial charge is 0.313 e. The molecule has 5 heterocycles. The topological polar surface area (TPSA) is 148 Å². The zero-order valence-corrected chi connectivity index (χ0v) is 36.7. The quantitative estimate of drug-likeness (QED) is 0.0893. The second-order valence-electron chi connectivity index (χ2n) is 16.2. The van der Waals surface area contributed by atoms with Crippen LogP contribution in [0.25, 0.3) is 0 Å². The molecular formula is C49H51Cl2N3O9. The van der Waals surface area contributed by atoms with Crippen molar-refractivity contribution >= 4 is 41.0 Å². The molecule has 63 heavy (non-hydrogen) atoms. The van der Waals surface area contributed by atoms with Gasteiger partial charge in [-0.15, -0.1) is 0 Å². The number of benzene rings is 4. The van der Waals surface area contributed by atoms with Crippen molar-refractivity contribution in [1.82, 2.24) is 9.80 Å². The number of nitrogens with one attached hydrogen (secondary N) is 1. The number of aromatic amines is 1. The van der Waals surface area contributed by atoms with Gasteiger partial charge in [0.2, 0.25) is 0 Å². The monoisotopic (exact) mass is 895 g/mol. The zero-order valence-electron chi connectivity index (χ0n) is 35.2. The fourth-order valence-electron chi connectivity index (χ4n) is 8.62. The number of aromatic nitrogens is 1. The van der Waals surface area contributed by atoms with Crippen LogP contribution in [0, 0.1) is 11.8 Å². The second-order valence-corrected chi connectivity index (χ2v) is 17.0. The van der Waals surface area contributed by atoms with E-state index in [0.29, 0.717) is 49.9 Å². The van der Waals surface area contributed by atoms with Crippen LogP contribution in [0.3, 0.4) is 0 Å². The van der Waals surface area contributed by atoms with Crippen LogP contribution in [0.5, 0.6) is 17.2 Å². The van der Waals surface area contributed by atoms with Crippen molar-refractivity contribution in [2.45, 2.75) is 50.4 Å². The van der Waals surface area contributed by atoms with Crippen LogP contribution in [-0.4, -0.2) is 86.2 Å². The van der Waals surface area contributed by atoms with E-state index in [9.17, 15) is 14.4 Å². The Kier molecular flexibility index (Phi) is 14.9. The highest BCUT2D eigenvalue weighted by Crippen LogP contribution is 2.37. The summed E-state index contributed by atoms with van der Waals surface area (Å²) in [4.78, 5) is 47.3. The average molecular weight is 897 g/mol. The Labute approximate surface area is 377 Å². The van der Waals surface area contributed by atoms with Crippen molar-refractivity contribution in [3.8, 4) is 17.2 Å². The van der Waals surface area contributed by atoms with Gasteiger partial charge in [0.1, 0.15) is 34.6 Å². The highest BCUT2D eigenvalue weighted by Gasteiger charge is 2.39. The molecule has 1 amide bonds. The number of hydrogen-bond donors (Lipinski definition) is 0. The molecule has 4 aromatic carbocycles. The van der Waals surface area contributed by atoms with E-state index >= 15 is 0 Å². The van der Waals surface area contributed by atoms with E-state index in [4.69, 9.17) is 46.9 Å². The summed E-state index contributed by atoms with van der Waals surface area (Å²) in [7, 11) is 3.08. The van der Waals surface area contributed by atoms with Crippen molar-refractivity contribution < 1.29 is 48.5 Å². The highest BCUT2D eigenvalue weighted by atomic mass is 35.5. The number of likely N-dealkylation sites (tertiary alicyclic amines) is 1. The number of methoxy groups -OCH3 is 2. The van der Waals surface area contributed by atoms with E-state index in [1.54, 1.807) is 54.7 Å². The molecule has 2 bridgehead atoms. The lowest BCUT2D eigenvalue weighted by atomic mass is 9.85. The van der Waals surface area contributed by atoms with Gasteiger partial charge in [0.25, 0.3) is 5.91 Å². The maximum atomic E-state index is 13.5. The van der Waals surface area contributed by atoms with Gasteiger partial charge in [0.05, 0.1) is 26.6 Å². The lowest BCUT2D eigenvalue weighted by molar-refractivity contribution is -0.377. The molecule has 2 N–H and O–H groups in total. The molecule has 0 saturated carbocycles. The van der Waals surface area contributed by atoms with Crippen LogP contribution in [-0.2, 0) is 32.1 Å². The van der Waals surface area contributed by atoms with Crippen molar-refractivity contribution in [2.24, 2.45) is 11.8 Å². The van der Waals surface area contributed by atoms with E-state index in [0.717, 1.165) is 49.2 Å². The van der Waals surface area contributed by atoms with Crippen LogP contribution in [0.1, 0.15) is 69.5 Å². The van der Waals surface area contributed by atoms with Gasteiger partial charge in [0.15, 0.2) is 23.9 Å². The Morgan fingerprint density at radius 3 is 2.14 bits per heavy atom. The minimum atomic E-state index is -0.740. The van der Waals surface area contributed by atoms with Gasteiger partial charge in [-0.3, -0.25) is 19.3 Å². The van der Waals surface area contributed by atoms with Crippen molar-refractivity contribution in [3.63, 3.8) is 0 Å². The van der Waals surface area contributed by atoms with Crippen LogP contribution < -0.4 is 19.2 Å². The van der Waals surface area contributed by atoms with Gasteiger partial charge in [0, 0.05) is 43.1 Å². The Morgan fingerprint density at radius 1 is 0.778 bits per heavy atom. The number of fused-ring (bicyclic) bond motifs is 3. The summed E-state index contributed by atoms with van der Waals surface area (Å²) in [6, 6.07) is 30.5. The molecule has 12 nitrogen and oxygen atoms in total. The minimum Gasteiger partial charge on any atom is -0.870 e. The van der Waals surface area contributed by atoms with Crippen molar-refractivity contribution in [2.75, 3.05) is 46.9 Å². The van der Waals surface area contributed by atoms with Gasteiger partial charge < -0.3 is 34.1 Å². The number of ether oxygens (including phenoxy) is 5. The summed E-state index contributed by atoms with van der Waals surface area (Å²) in [6.45, 7) is 3.74. The summed E-state index contributed by atoms with van der Waals surface area (Å²) in [5.74, 6) is 0.668. The first-order valence-electron chi connectivity index (χ1n) is 21.0. The van der Waals surface area contributed by atoms with E-state index < -0.39 is 18.0 Å². The molecule has 330 valence electrons. The normalized spacial score (nSPS) is 18.9. The van der Waals surface area contributed by atoms with Crippen LogP contribution in [0.2, 0.25) is 10.0 Å². The van der Waals surface area contributed by atoms with Gasteiger partial charge in [-0.25, -0.2) is 4.98 Å². The third-order valence-electron chi connectivity index (χ3n) is 12.2. The summed E-state index contributed by atoms with van der Waals surface area (Å²) < 4.78 is 29.3. The zero-order chi connectivity index (χ0) is 43.2. The van der Waals surface area contributed by atoms with E-state index in [-0.39, 0.29) is 61.9 Å². The maximum absolute atomic E-state index is 13.5. The molecule has 0 unspecified atom stereocenters. The molecule has 3 atom stereocenters. The molecule has 0 radical (unpaired) electrons. The number of nitrogens with zero attached hydrogens (tertiary/aromatic N) is 2. The van der Waals surface area contributed by atoms with Gasteiger partial charge in [-0.05, 0) is 90.5 Å². The summed E-state index contributed by atoms with van der Waals surface area (Å²) in [6.07, 6.45) is 5.09. The van der Waals surface area contributed by atoms with E-state index in [2.05, 4.69) is 9.88 Å². The van der Waals surface area contributed by atoms with Gasteiger partial charge in [-0.1, -0.05) is 83.9 Å².